The van der Waals surface area contributed by atoms with E-state index in [4.69, 9.17) is 0 Å². The van der Waals surface area contributed by atoms with Crippen molar-refractivity contribution >= 4 is 11.3 Å². The highest BCUT2D eigenvalue weighted by Gasteiger charge is 2.28. The van der Waals surface area contributed by atoms with E-state index < -0.39 is 0 Å². The third kappa shape index (κ3) is 3.35. The molecule has 3 nitrogen and oxygen atoms in total. The molecule has 0 radical (unpaired) electrons. The fourth-order valence-electron chi connectivity index (χ4n) is 3.96. The number of rotatable bonds is 3. The quantitative estimate of drug-likeness (QED) is 0.855. The molecule has 23 heavy (non-hydrogen) atoms. The molecule has 2 aromatic rings. The first-order valence-corrected chi connectivity index (χ1v) is 9.58. The molecule has 0 N–H and O–H groups in total. The van der Waals surface area contributed by atoms with Crippen LogP contribution in [0, 0.1) is 6.92 Å². The van der Waals surface area contributed by atoms with Crippen LogP contribution in [0.5, 0.6) is 0 Å². The van der Waals surface area contributed by atoms with Crippen LogP contribution < -0.4 is 0 Å². The van der Waals surface area contributed by atoms with E-state index in [1.165, 1.54) is 61.4 Å². The standard InChI is InChI=1S/C19H25N3S/c1-15-6-2-3-8-18(15)19-20-12-17(23-19)14-21-9-5-11-22-10-4-7-16(22)13-21/h2-3,6,8,12,16H,4-5,7,9-11,13-14H2,1H3/t16-/m0/s1. The summed E-state index contributed by atoms with van der Waals surface area (Å²) in [5.41, 5.74) is 2.59. The van der Waals surface area contributed by atoms with Crippen molar-refractivity contribution in [2.75, 3.05) is 26.2 Å². The van der Waals surface area contributed by atoms with Crippen LogP contribution in [-0.4, -0.2) is 47.0 Å². The molecular formula is C19H25N3S. The molecule has 0 saturated carbocycles. The number of nitrogens with zero attached hydrogens (tertiary/aromatic N) is 3. The van der Waals surface area contributed by atoms with Gasteiger partial charge < -0.3 is 0 Å². The first kappa shape index (κ1) is 15.3. The second-order valence-electron chi connectivity index (χ2n) is 6.87. The van der Waals surface area contributed by atoms with Crippen molar-refractivity contribution in [2.24, 2.45) is 0 Å². The lowest BCUT2D eigenvalue weighted by Crippen LogP contribution is -2.36. The van der Waals surface area contributed by atoms with Crippen LogP contribution in [-0.2, 0) is 6.54 Å². The molecular weight excluding hydrogens is 302 g/mol. The van der Waals surface area contributed by atoms with Gasteiger partial charge in [0.15, 0.2) is 0 Å². The lowest BCUT2D eigenvalue weighted by molar-refractivity contribution is 0.216. The number of benzene rings is 1. The van der Waals surface area contributed by atoms with Crippen LogP contribution in [0.15, 0.2) is 30.5 Å². The Morgan fingerprint density at radius 3 is 2.96 bits per heavy atom. The van der Waals surface area contributed by atoms with Crippen LogP contribution in [0.4, 0.5) is 0 Å². The maximum Gasteiger partial charge on any atom is 0.123 e. The average molecular weight is 327 g/mol. The fourth-order valence-corrected chi connectivity index (χ4v) is 5.01. The Morgan fingerprint density at radius 1 is 1.17 bits per heavy atom. The van der Waals surface area contributed by atoms with Gasteiger partial charge >= 0.3 is 0 Å². The summed E-state index contributed by atoms with van der Waals surface area (Å²) in [6, 6.07) is 9.34. The maximum atomic E-state index is 4.68. The molecule has 0 amide bonds. The second-order valence-corrected chi connectivity index (χ2v) is 7.98. The van der Waals surface area contributed by atoms with Crippen molar-refractivity contribution in [1.29, 1.82) is 0 Å². The number of thiazole rings is 1. The molecule has 2 fully saturated rings. The molecule has 2 aliphatic rings. The van der Waals surface area contributed by atoms with Gasteiger partial charge in [-0.3, -0.25) is 9.80 Å². The summed E-state index contributed by atoms with van der Waals surface area (Å²) < 4.78 is 0. The van der Waals surface area contributed by atoms with Gasteiger partial charge in [0.2, 0.25) is 0 Å². The summed E-state index contributed by atoms with van der Waals surface area (Å²) in [5, 5.41) is 1.16. The highest BCUT2D eigenvalue weighted by molar-refractivity contribution is 7.15. The summed E-state index contributed by atoms with van der Waals surface area (Å²) in [7, 11) is 0. The van der Waals surface area contributed by atoms with Gasteiger partial charge in [-0.2, -0.15) is 0 Å². The van der Waals surface area contributed by atoms with Gasteiger partial charge in [0, 0.05) is 35.8 Å². The molecule has 2 saturated heterocycles. The summed E-state index contributed by atoms with van der Waals surface area (Å²) in [4.78, 5) is 11.4. The Hall–Kier alpha value is -1.23. The molecule has 4 heteroatoms. The molecule has 1 aromatic heterocycles. The smallest absolute Gasteiger partial charge is 0.123 e. The minimum atomic E-state index is 0.793. The monoisotopic (exact) mass is 327 g/mol. The number of fused-ring (bicyclic) bond motifs is 1. The minimum Gasteiger partial charge on any atom is -0.299 e. The molecule has 122 valence electrons. The zero-order valence-corrected chi connectivity index (χ0v) is 14.7. The predicted molar refractivity (Wildman–Crippen MR) is 96.8 cm³/mol. The zero-order chi connectivity index (χ0) is 15.6. The average Bonchev–Trinajstić information content (AvgIpc) is 3.14. The van der Waals surface area contributed by atoms with Gasteiger partial charge in [0.1, 0.15) is 5.01 Å². The van der Waals surface area contributed by atoms with E-state index in [0.717, 1.165) is 17.6 Å². The summed E-state index contributed by atoms with van der Waals surface area (Å²) in [6.07, 6.45) is 6.16. The van der Waals surface area contributed by atoms with Crippen LogP contribution in [0.3, 0.4) is 0 Å². The summed E-state index contributed by atoms with van der Waals surface area (Å²) >= 11 is 1.86. The fraction of sp³-hybridized carbons (Fsp3) is 0.526. The molecule has 0 spiro atoms. The van der Waals surface area contributed by atoms with Gasteiger partial charge in [-0.15, -0.1) is 11.3 Å². The lowest BCUT2D eigenvalue weighted by Gasteiger charge is -2.25. The van der Waals surface area contributed by atoms with Gasteiger partial charge in [0.05, 0.1) is 0 Å². The molecule has 2 aliphatic heterocycles. The van der Waals surface area contributed by atoms with Gasteiger partial charge in [-0.25, -0.2) is 4.98 Å². The van der Waals surface area contributed by atoms with Crippen LogP contribution in [0.2, 0.25) is 0 Å². The Balaban J connectivity index is 1.46. The molecule has 1 atom stereocenters. The van der Waals surface area contributed by atoms with Crippen molar-refractivity contribution in [3.8, 4) is 10.6 Å². The Bertz CT molecular complexity index is 666. The zero-order valence-electron chi connectivity index (χ0n) is 13.9. The van der Waals surface area contributed by atoms with Crippen molar-refractivity contribution in [1.82, 2.24) is 14.8 Å². The summed E-state index contributed by atoms with van der Waals surface area (Å²) in [5.74, 6) is 0. The van der Waals surface area contributed by atoms with Crippen molar-refractivity contribution in [2.45, 2.75) is 38.8 Å². The predicted octanol–water partition coefficient (Wildman–Crippen LogP) is 3.79. The second kappa shape index (κ2) is 6.71. The molecule has 3 heterocycles. The largest absolute Gasteiger partial charge is 0.299 e. The van der Waals surface area contributed by atoms with Crippen LogP contribution >= 0.6 is 11.3 Å². The Morgan fingerprint density at radius 2 is 2.04 bits per heavy atom. The van der Waals surface area contributed by atoms with Crippen LogP contribution in [0.1, 0.15) is 29.7 Å². The Labute approximate surface area is 143 Å². The Kier molecular flexibility index (Phi) is 4.47. The number of hydrogen-bond donors (Lipinski definition) is 0. The first-order chi connectivity index (χ1) is 11.3. The van der Waals surface area contributed by atoms with Gasteiger partial charge in [-0.05, 0) is 51.4 Å². The number of aromatic nitrogens is 1. The van der Waals surface area contributed by atoms with Crippen molar-refractivity contribution in [3.63, 3.8) is 0 Å². The van der Waals surface area contributed by atoms with E-state index >= 15 is 0 Å². The lowest BCUT2D eigenvalue weighted by atomic mass is 10.1. The molecule has 0 bridgehead atoms. The van der Waals surface area contributed by atoms with Crippen LogP contribution in [0.25, 0.3) is 10.6 Å². The maximum absolute atomic E-state index is 4.68. The molecule has 0 unspecified atom stereocenters. The summed E-state index contributed by atoms with van der Waals surface area (Å²) in [6.45, 7) is 8.30. The normalized spacial score (nSPS) is 22.9. The highest BCUT2D eigenvalue weighted by Crippen LogP contribution is 2.29. The van der Waals surface area contributed by atoms with E-state index in [1.807, 2.05) is 11.3 Å². The van der Waals surface area contributed by atoms with Crippen molar-refractivity contribution in [3.05, 3.63) is 40.9 Å². The van der Waals surface area contributed by atoms with E-state index in [0.29, 0.717) is 0 Å². The third-order valence-electron chi connectivity index (χ3n) is 5.20. The topological polar surface area (TPSA) is 19.4 Å². The highest BCUT2D eigenvalue weighted by atomic mass is 32.1. The molecule has 1 aromatic carbocycles. The van der Waals surface area contributed by atoms with E-state index in [-0.39, 0.29) is 0 Å². The SMILES string of the molecule is Cc1ccccc1-c1ncc(CN2CCCN3CCC[C@H]3C2)s1. The van der Waals surface area contributed by atoms with E-state index in [9.17, 15) is 0 Å². The minimum absolute atomic E-state index is 0.793. The third-order valence-corrected chi connectivity index (χ3v) is 6.21. The van der Waals surface area contributed by atoms with Crippen molar-refractivity contribution < 1.29 is 0 Å². The van der Waals surface area contributed by atoms with E-state index in [1.54, 1.807) is 0 Å². The van der Waals surface area contributed by atoms with Gasteiger partial charge in [-0.1, -0.05) is 24.3 Å². The number of aryl methyl sites for hydroxylation is 1. The number of hydrogen-bond acceptors (Lipinski definition) is 4. The van der Waals surface area contributed by atoms with Gasteiger partial charge in [0.25, 0.3) is 0 Å². The first-order valence-electron chi connectivity index (χ1n) is 8.77. The molecule has 4 rings (SSSR count). The molecule has 0 aliphatic carbocycles. The van der Waals surface area contributed by atoms with E-state index in [2.05, 4.69) is 52.2 Å².